The van der Waals surface area contributed by atoms with Gasteiger partial charge >= 0.3 is 0 Å². The van der Waals surface area contributed by atoms with Gasteiger partial charge in [-0.3, -0.25) is 14.5 Å². The SMILES string of the molecule is COc1ccc(OC)c(C2CC(=O)N(c3ccc(Cl)c(Cl)c3)C3=C2C(=O)CC(C)(C)C3)c1. The monoisotopic (exact) mass is 473 g/mol. The Labute approximate surface area is 197 Å². The summed E-state index contributed by atoms with van der Waals surface area (Å²) in [6.07, 6.45) is 1.13. The highest BCUT2D eigenvalue weighted by atomic mass is 35.5. The summed E-state index contributed by atoms with van der Waals surface area (Å²) in [6.45, 7) is 4.09. The molecule has 0 bridgehead atoms. The molecule has 1 atom stereocenters. The highest BCUT2D eigenvalue weighted by Gasteiger charge is 2.45. The number of carbonyl (C=O) groups is 2. The maximum Gasteiger partial charge on any atom is 0.232 e. The molecule has 0 radical (unpaired) electrons. The molecule has 7 heteroatoms. The maximum atomic E-state index is 13.5. The summed E-state index contributed by atoms with van der Waals surface area (Å²) in [7, 11) is 3.17. The van der Waals surface area contributed by atoms with Crippen molar-refractivity contribution >= 4 is 40.6 Å². The minimum atomic E-state index is -0.412. The van der Waals surface area contributed by atoms with Gasteiger partial charge in [0.2, 0.25) is 5.91 Å². The molecule has 0 N–H and O–H groups in total. The van der Waals surface area contributed by atoms with Crippen LogP contribution in [0.15, 0.2) is 47.7 Å². The molecule has 0 saturated heterocycles. The molecule has 4 rings (SSSR count). The van der Waals surface area contributed by atoms with E-state index in [1.54, 1.807) is 43.4 Å². The van der Waals surface area contributed by atoms with Gasteiger partial charge in [0.15, 0.2) is 5.78 Å². The third-order valence-corrected chi connectivity index (χ3v) is 6.86. The van der Waals surface area contributed by atoms with E-state index in [0.29, 0.717) is 45.6 Å². The van der Waals surface area contributed by atoms with Crippen LogP contribution in [-0.4, -0.2) is 25.9 Å². The summed E-state index contributed by atoms with van der Waals surface area (Å²) < 4.78 is 11.0. The number of hydrogen-bond donors (Lipinski definition) is 0. The van der Waals surface area contributed by atoms with E-state index in [2.05, 4.69) is 0 Å². The van der Waals surface area contributed by atoms with Crippen molar-refractivity contribution in [2.45, 2.75) is 39.0 Å². The Morgan fingerprint density at radius 3 is 2.38 bits per heavy atom. The molecular formula is C25H25Cl2NO4. The second-order valence-corrected chi connectivity index (χ2v) is 9.81. The number of hydrogen-bond acceptors (Lipinski definition) is 4. The van der Waals surface area contributed by atoms with E-state index in [-0.39, 0.29) is 23.5 Å². The quantitative estimate of drug-likeness (QED) is 0.532. The molecule has 2 aromatic rings. The number of nitrogens with zero attached hydrogens (tertiary/aromatic N) is 1. The smallest absolute Gasteiger partial charge is 0.232 e. The topological polar surface area (TPSA) is 55.8 Å². The van der Waals surface area contributed by atoms with Crippen LogP contribution in [0.1, 0.15) is 44.6 Å². The fraction of sp³-hybridized carbons (Fsp3) is 0.360. The number of Topliss-reactive ketones (excluding diaryl/α,β-unsaturated/α-hetero) is 1. The lowest BCUT2D eigenvalue weighted by atomic mass is 9.69. The maximum absolute atomic E-state index is 13.5. The van der Waals surface area contributed by atoms with Crippen molar-refractivity contribution in [1.29, 1.82) is 0 Å². The molecule has 168 valence electrons. The first-order valence-electron chi connectivity index (χ1n) is 10.4. The number of allylic oxidation sites excluding steroid dienone is 2. The largest absolute Gasteiger partial charge is 0.497 e. The number of benzene rings is 2. The Hall–Kier alpha value is -2.50. The van der Waals surface area contributed by atoms with Crippen molar-refractivity contribution in [3.63, 3.8) is 0 Å². The summed E-state index contributed by atoms with van der Waals surface area (Å²) in [5.74, 6) is 0.790. The number of methoxy groups -OCH3 is 2. The number of carbonyl (C=O) groups excluding carboxylic acids is 2. The molecule has 1 aliphatic carbocycles. The number of ketones is 1. The van der Waals surface area contributed by atoms with Crippen LogP contribution in [0.3, 0.4) is 0 Å². The second-order valence-electron chi connectivity index (χ2n) is 8.99. The first-order valence-corrected chi connectivity index (χ1v) is 11.2. The van der Waals surface area contributed by atoms with Crippen LogP contribution >= 0.6 is 23.2 Å². The molecule has 0 aromatic heterocycles. The standard InChI is InChI=1S/C25H25Cl2NO4/c1-25(2)12-20-24(21(29)13-25)17(16-10-15(31-3)6-8-22(16)32-4)11-23(30)28(20)14-5-7-18(26)19(27)9-14/h5-10,17H,11-13H2,1-4H3. The van der Waals surface area contributed by atoms with Crippen molar-refractivity contribution in [2.24, 2.45) is 5.41 Å². The lowest BCUT2D eigenvalue weighted by Crippen LogP contribution is -2.43. The van der Waals surface area contributed by atoms with Gasteiger partial charge in [0, 0.05) is 35.6 Å². The number of amides is 1. The lowest BCUT2D eigenvalue weighted by molar-refractivity contribution is -0.121. The van der Waals surface area contributed by atoms with Gasteiger partial charge in [-0.05, 0) is 48.2 Å². The van der Waals surface area contributed by atoms with Gasteiger partial charge in [0.1, 0.15) is 11.5 Å². The molecule has 5 nitrogen and oxygen atoms in total. The van der Waals surface area contributed by atoms with Crippen molar-refractivity contribution in [3.05, 3.63) is 63.3 Å². The van der Waals surface area contributed by atoms with Crippen molar-refractivity contribution < 1.29 is 19.1 Å². The average molecular weight is 474 g/mol. The molecule has 1 amide bonds. The second kappa shape index (κ2) is 8.45. The van der Waals surface area contributed by atoms with E-state index in [0.717, 1.165) is 11.3 Å². The molecule has 2 aromatic carbocycles. The minimum Gasteiger partial charge on any atom is -0.497 e. The Balaban J connectivity index is 1.93. The molecule has 0 fully saturated rings. The van der Waals surface area contributed by atoms with E-state index in [1.165, 1.54) is 0 Å². The van der Waals surface area contributed by atoms with Crippen LogP contribution in [0, 0.1) is 5.41 Å². The normalized spacial score (nSPS) is 20.3. The van der Waals surface area contributed by atoms with E-state index in [1.807, 2.05) is 26.0 Å². The fourth-order valence-electron chi connectivity index (χ4n) is 4.72. The molecule has 1 aliphatic heterocycles. The average Bonchev–Trinajstić information content (AvgIpc) is 2.73. The van der Waals surface area contributed by atoms with Crippen molar-refractivity contribution in [1.82, 2.24) is 0 Å². The lowest BCUT2D eigenvalue weighted by Gasteiger charge is -2.43. The number of rotatable bonds is 4. The van der Waals surface area contributed by atoms with E-state index in [4.69, 9.17) is 32.7 Å². The van der Waals surface area contributed by atoms with Gasteiger partial charge in [-0.1, -0.05) is 37.0 Å². The zero-order chi connectivity index (χ0) is 23.2. The summed E-state index contributed by atoms with van der Waals surface area (Å²) in [6, 6.07) is 10.6. The first-order chi connectivity index (χ1) is 15.1. The van der Waals surface area contributed by atoms with Crippen molar-refractivity contribution in [3.8, 4) is 11.5 Å². The fourth-order valence-corrected chi connectivity index (χ4v) is 5.01. The molecule has 32 heavy (non-hydrogen) atoms. The number of ether oxygens (including phenoxy) is 2. The Morgan fingerprint density at radius 1 is 0.969 bits per heavy atom. The van der Waals surface area contributed by atoms with Crippen LogP contribution in [0.4, 0.5) is 5.69 Å². The molecule has 0 saturated carbocycles. The van der Waals surface area contributed by atoms with Gasteiger partial charge in [0.05, 0.1) is 30.0 Å². The van der Waals surface area contributed by atoms with Gasteiger partial charge < -0.3 is 9.47 Å². The van der Waals surface area contributed by atoms with Gasteiger partial charge in [-0.2, -0.15) is 0 Å². The summed E-state index contributed by atoms with van der Waals surface area (Å²) in [4.78, 5) is 28.6. The third kappa shape index (κ3) is 4.00. The molecular weight excluding hydrogens is 449 g/mol. The Bertz CT molecular complexity index is 1140. The van der Waals surface area contributed by atoms with Gasteiger partial charge in [-0.25, -0.2) is 0 Å². The highest BCUT2D eigenvalue weighted by molar-refractivity contribution is 6.42. The molecule has 1 unspecified atom stereocenters. The van der Waals surface area contributed by atoms with Crippen LogP contribution in [-0.2, 0) is 9.59 Å². The molecule has 2 aliphatic rings. The molecule has 0 spiro atoms. The number of anilines is 1. The summed E-state index contributed by atoms with van der Waals surface area (Å²) in [5.41, 5.74) is 2.48. The van der Waals surface area contributed by atoms with Crippen LogP contribution in [0.2, 0.25) is 10.0 Å². The third-order valence-electron chi connectivity index (χ3n) is 6.12. The Morgan fingerprint density at radius 2 is 1.72 bits per heavy atom. The summed E-state index contributed by atoms with van der Waals surface area (Å²) in [5, 5.41) is 0.769. The van der Waals surface area contributed by atoms with Crippen LogP contribution in [0.25, 0.3) is 0 Å². The zero-order valence-corrected chi connectivity index (χ0v) is 20.0. The van der Waals surface area contributed by atoms with E-state index in [9.17, 15) is 9.59 Å². The predicted octanol–water partition coefficient (Wildman–Crippen LogP) is 6.17. The Kier molecular flexibility index (Phi) is 5.99. The highest BCUT2D eigenvalue weighted by Crippen LogP contribution is 2.50. The minimum absolute atomic E-state index is 0.0451. The van der Waals surface area contributed by atoms with E-state index < -0.39 is 5.92 Å². The van der Waals surface area contributed by atoms with Crippen LogP contribution in [0.5, 0.6) is 11.5 Å². The van der Waals surface area contributed by atoms with Crippen molar-refractivity contribution in [2.75, 3.05) is 19.1 Å². The van der Waals surface area contributed by atoms with Gasteiger partial charge in [-0.15, -0.1) is 0 Å². The molecule has 1 heterocycles. The van der Waals surface area contributed by atoms with Crippen LogP contribution < -0.4 is 14.4 Å². The summed E-state index contributed by atoms with van der Waals surface area (Å²) >= 11 is 12.4. The number of halogens is 2. The first kappa shape index (κ1) is 22.7. The van der Waals surface area contributed by atoms with E-state index >= 15 is 0 Å². The predicted molar refractivity (Wildman–Crippen MR) is 126 cm³/mol. The zero-order valence-electron chi connectivity index (χ0n) is 18.5. The van der Waals surface area contributed by atoms with Gasteiger partial charge in [0.25, 0.3) is 0 Å².